The Morgan fingerprint density at radius 3 is 2.29 bits per heavy atom. The molecule has 14 nitrogen and oxygen atoms in total. The van der Waals surface area contributed by atoms with Crippen molar-refractivity contribution in [3.8, 4) is 17.2 Å². The van der Waals surface area contributed by atoms with E-state index in [0.29, 0.717) is 0 Å². The van der Waals surface area contributed by atoms with Crippen molar-refractivity contribution in [1.82, 2.24) is 0 Å². The molecule has 0 aromatic heterocycles. The summed E-state index contributed by atoms with van der Waals surface area (Å²) in [5.74, 6) is -1.33. The van der Waals surface area contributed by atoms with Gasteiger partial charge in [-0.25, -0.2) is 4.79 Å². The Balaban J connectivity index is 1.42. The number of rotatable bonds is 11. The molecule has 0 spiro atoms. The number of esters is 1. The van der Waals surface area contributed by atoms with Crippen LogP contribution < -0.4 is 9.47 Å². The van der Waals surface area contributed by atoms with E-state index in [1.165, 1.54) is 26.4 Å². The Hall–Kier alpha value is -3.05. The zero-order valence-electron chi connectivity index (χ0n) is 22.4. The molecule has 0 bridgehead atoms. The summed E-state index contributed by atoms with van der Waals surface area (Å²) in [5.41, 5.74) is -1.40. The maximum Gasteiger partial charge on any atom is 0.338 e. The molecule has 4 rings (SSSR count). The van der Waals surface area contributed by atoms with Crippen molar-refractivity contribution in [2.45, 2.75) is 55.3 Å². The van der Waals surface area contributed by atoms with Gasteiger partial charge in [-0.1, -0.05) is 30.3 Å². The van der Waals surface area contributed by atoms with Gasteiger partial charge in [-0.05, 0) is 17.7 Å². The first-order valence-corrected chi connectivity index (χ1v) is 12.7. The average molecular weight is 583 g/mol. The Kier molecular flexibility index (Phi) is 10.0. The molecular formula is C27H34O14. The fourth-order valence-electron chi connectivity index (χ4n) is 4.42. The summed E-state index contributed by atoms with van der Waals surface area (Å²) in [5, 5.41) is 62.6. The van der Waals surface area contributed by atoms with Gasteiger partial charge >= 0.3 is 5.97 Å². The molecule has 0 amide bonds. The minimum Gasteiger partial charge on any atom is -0.502 e. The Morgan fingerprint density at radius 2 is 1.68 bits per heavy atom. The van der Waals surface area contributed by atoms with Crippen LogP contribution in [0.15, 0.2) is 42.5 Å². The number of phenols is 1. The van der Waals surface area contributed by atoms with Crippen LogP contribution in [0.25, 0.3) is 0 Å². The van der Waals surface area contributed by atoms with E-state index in [2.05, 4.69) is 0 Å². The molecule has 2 aliphatic rings. The Bertz CT molecular complexity index is 1140. The number of hydrogen-bond donors (Lipinski definition) is 6. The molecule has 2 heterocycles. The van der Waals surface area contributed by atoms with Gasteiger partial charge in [-0.3, -0.25) is 0 Å². The highest BCUT2D eigenvalue weighted by atomic mass is 16.8. The minimum absolute atomic E-state index is 0.0348. The number of benzene rings is 2. The van der Waals surface area contributed by atoms with Gasteiger partial charge in [0.25, 0.3) is 0 Å². The lowest BCUT2D eigenvalue weighted by Gasteiger charge is -2.42. The fraction of sp³-hybridized carbons (Fsp3) is 0.519. The number of phenolic OH excluding ortho intramolecular Hbond substituents is 1. The van der Waals surface area contributed by atoms with Crippen molar-refractivity contribution in [1.29, 1.82) is 0 Å². The van der Waals surface area contributed by atoms with E-state index >= 15 is 0 Å². The molecule has 2 aliphatic heterocycles. The van der Waals surface area contributed by atoms with E-state index in [1.54, 1.807) is 24.3 Å². The lowest BCUT2D eigenvalue weighted by Crippen LogP contribution is -2.61. The smallest absolute Gasteiger partial charge is 0.338 e. The molecule has 0 radical (unpaired) electrons. The predicted octanol–water partition coefficient (Wildman–Crippen LogP) is -0.945. The average Bonchev–Trinajstić information content (AvgIpc) is 3.27. The summed E-state index contributed by atoms with van der Waals surface area (Å²) in [6.07, 6.45) is -10.4. The van der Waals surface area contributed by atoms with Gasteiger partial charge < -0.3 is 63.8 Å². The molecule has 6 N–H and O–H groups in total. The van der Waals surface area contributed by atoms with E-state index in [4.69, 9.17) is 33.2 Å². The predicted molar refractivity (Wildman–Crippen MR) is 136 cm³/mol. The topological polar surface area (TPSA) is 203 Å². The Labute approximate surface area is 235 Å². The maximum atomic E-state index is 12.7. The summed E-state index contributed by atoms with van der Waals surface area (Å²) in [6, 6.07) is 11.4. The number of aromatic hydroxyl groups is 1. The van der Waals surface area contributed by atoms with Crippen LogP contribution in [0.3, 0.4) is 0 Å². The molecule has 2 aromatic rings. The SMILES string of the molecule is COc1cc(C(=O)OC[C@@]2(O)CO[C@@H](O[C@H]3[C@H](OCc4ccccc4)O[C@H](CO)[C@@H](O)[C@@H]3O)[C@@H]2O)cc(OC)c1O. The van der Waals surface area contributed by atoms with Crippen LogP contribution in [-0.2, 0) is 30.3 Å². The summed E-state index contributed by atoms with van der Waals surface area (Å²) < 4.78 is 37.8. The quantitative estimate of drug-likeness (QED) is 0.177. The normalized spacial score (nSPS) is 31.5. The zero-order valence-corrected chi connectivity index (χ0v) is 22.4. The van der Waals surface area contributed by atoms with Gasteiger partial charge in [-0.15, -0.1) is 0 Å². The van der Waals surface area contributed by atoms with Crippen LogP contribution in [0.1, 0.15) is 15.9 Å². The van der Waals surface area contributed by atoms with Crippen molar-refractivity contribution < 1.29 is 68.6 Å². The third-order valence-corrected chi connectivity index (χ3v) is 6.85. The second kappa shape index (κ2) is 13.3. The van der Waals surface area contributed by atoms with Crippen LogP contribution in [0.2, 0.25) is 0 Å². The van der Waals surface area contributed by atoms with Crippen molar-refractivity contribution >= 4 is 5.97 Å². The molecule has 0 aliphatic carbocycles. The van der Waals surface area contributed by atoms with Crippen molar-refractivity contribution in [2.24, 2.45) is 0 Å². The fourth-order valence-corrected chi connectivity index (χ4v) is 4.42. The van der Waals surface area contributed by atoms with Crippen LogP contribution in [0.4, 0.5) is 0 Å². The number of carbonyl (C=O) groups is 1. The first-order chi connectivity index (χ1) is 19.6. The van der Waals surface area contributed by atoms with Gasteiger partial charge in [0.1, 0.15) is 37.1 Å². The van der Waals surface area contributed by atoms with Gasteiger partial charge in [0.2, 0.25) is 5.75 Å². The highest BCUT2D eigenvalue weighted by Gasteiger charge is 2.54. The monoisotopic (exact) mass is 582 g/mol. The van der Waals surface area contributed by atoms with Gasteiger partial charge in [-0.2, -0.15) is 0 Å². The van der Waals surface area contributed by atoms with E-state index in [1.807, 2.05) is 6.07 Å². The minimum atomic E-state index is -2.11. The molecule has 0 unspecified atom stereocenters. The van der Waals surface area contributed by atoms with Crippen LogP contribution in [0, 0.1) is 0 Å². The van der Waals surface area contributed by atoms with Crippen LogP contribution >= 0.6 is 0 Å². The molecular weight excluding hydrogens is 548 g/mol. The highest BCUT2D eigenvalue weighted by Crippen LogP contribution is 2.37. The highest BCUT2D eigenvalue weighted by molar-refractivity contribution is 5.91. The van der Waals surface area contributed by atoms with Crippen LogP contribution in [0.5, 0.6) is 17.2 Å². The molecule has 14 heteroatoms. The number of aliphatic hydroxyl groups excluding tert-OH is 4. The molecule has 2 aromatic carbocycles. The van der Waals surface area contributed by atoms with E-state index in [0.717, 1.165) is 5.56 Å². The van der Waals surface area contributed by atoms with Crippen LogP contribution in [-0.4, -0.2) is 119 Å². The van der Waals surface area contributed by atoms with Gasteiger partial charge in [0.15, 0.2) is 29.7 Å². The maximum absolute atomic E-state index is 12.7. The molecule has 2 saturated heterocycles. The summed E-state index contributed by atoms with van der Waals surface area (Å²) >= 11 is 0. The largest absolute Gasteiger partial charge is 0.502 e. The second-order valence-corrected chi connectivity index (χ2v) is 9.64. The van der Waals surface area contributed by atoms with Crippen molar-refractivity contribution in [3.05, 3.63) is 53.6 Å². The standard InChI is InChI=1S/C27H34O14/c1-35-16-8-15(9-17(36-2)19(16)29)24(33)38-12-27(34)13-39-26(23(27)32)41-22-21(31)20(30)18(10-28)40-25(22)37-11-14-6-4-3-5-7-14/h3-9,18,20-23,25-26,28-32,34H,10-13H2,1-2H3/t18-,20-,21+,22-,23+,25-,26+,27-/m1/s1. The number of hydrogen-bond acceptors (Lipinski definition) is 14. The van der Waals surface area contributed by atoms with E-state index < -0.39 is 74.5 Å². The number of ether oxygens (including phenoxy) is 7. The first-order valence-electron chi connectivity index (χ1n) is 12.7. The third kappa shape index (κ3) is 6.72. The second-order valence-electron chi connectivity index (χ2n) is 9.64. The van der Waals surface area contributed by atoms with Gasteiger partial charge in [0.05, 0.1) is 39.6 Å². The first kappa shape index (κ1) is 30.9. The number of aliphatic hydroxyl groups is 5. The number of methoxy groups -OCH3 is 2. The summed E-state index contributed by atoms with van der Waals surface area (Å²) in [4.78, 5) is 12.7. The Morgan fingerprint density at radius 1 is 1.02 bits per heavy atom. The molecule has 8 atom stereocenters. The summed E-state index contributed by atoms with van der Waals surface area (Å²) in [6.45, 7) is -1.81. The lowest BCUT2D eigenvalue weighted by molar-refractivity contribution is -0.338. The zero-order chi connectivity index (χ0) is 29.7. The van der Waals surface area contributed by atoms with E-state index in [-0.39, 0.29) is 29.4 Å². The van der Waals surface area contributed by atoms with Crippen molar-refractivity contribution in [2.75, 3.05) is 34.0 Å². The summed E-state index contributed by atoms with van der Waals surface area (Å²) in [7, 11) is 2.57. The van der Waals surface area contributed by atoms with Gasteiger partial charge in [0, 0.05) is 0 Å². The van der Waals surface area contributed by atoms with Crippen molar-refractivity contribution in [3.63, 3.8) is 0 Å². The third-order valence-electron chi connectivity index (χ3n) is 6.85. The van der Waals surface area contributed by atoms with E-state index in [9.17, 15) is 35.4 Å². The molecule has 2 fully saturated rings. The molecule has 41 heavy (non-hydrogen) atoms. The molecule has 226 valence electrons. The lowest BCUT2D eigenvalue weighted by atomic mass is 9.98. The number of carbonyl (C=O) groups excluding carboxylic acids is 1. The molecule has 0 saturated carbocycles.